The van der Waals surface area contributed by atoms with Crippen molar-refractivity contribution < 1.29 is 19.5 Å². The summed E-state index contributed by atoms with van der Waals surface area (Å²) in [5.74, 6) is -1.33. The first-order chi connectivity index (χ1) is 15.1. The Balaban J connectivity index is 0.00000322. The molecule has 33 heavy (non-hydrogen) atoms. The van der Waals surface area contributed by atoms with Gasteiger partial charge in [-0.25, -0.2) is 4.79 Å². The van der Waals surface area contributed by atoms with Crippen molar-refractivity contribution in [2.75, 3.05) is 20.1 Å². The highest BCUT2D eigenvalue weighted by molar-refractivity contribution is 5.90. The highest BCUT2D eigenvalue weighted by atomic mass is 16.4. The first kappa shape index (κ1) is 31.1. The molecule has 7 heteroatoms. The third kappa shape index (κ3) is 9.86. The van der Waals surface area contributed by atoms with Crippen LogP contribution in [0.5, 0.6) is 0 Å². The van der Waals surface area contributed by atoms with Crippen LogP contribution in [0.25, 0.3) is 0 Å². The Labute approximate surface area is 202 Å². The zero-order chi connectivity index (χ0) is 26.0. The van der Waals surface area contributed by atoms with Crippen molar-refractivity contribution >= 4 is 17.8 Å². The number of carboxylic acid groups (broad SMARTS) is 1. The third-order valence-corrected chi connectivity index (χ3v) is 6.23. The summed E-state index contributed by atoms with van der Waals surface area (Å²) in [4.78, 5) is 41.2. The van der Waals surface area contributed by atoms with E-state index in [1.165, 1.54) is 24.3 Å². The number of carbonyl (C=O) groups excluding carboxylic acids is 2. The van der Waals surface area contributed by atoms with E-state index in [2.05, 4.69) is 44.8 Å². The Morgan fingerprint density at radius 2 is 1.67 bits per heavy atom. The van der Waals surface area contributed by atoms with E-state index in [-0.39, 0.29) is 35.5 Å². The van der Waals surface area contributed by atoms with Gasteiger partial charge >= 0.3 is 5.97 Å². The number of aliphatic carboxylic acids is 1. The number of carbonyl (C=O) groups is 3. The quantitative estimate of drug-likeness (QED) is 0.514. The van der Waals surface area contributed by atoms with E-state index in [4.69, 9.17) is 5.11 Å². The van der Waals surface area contributed by atoms with Crippen LogP contribution in [-0.4, -0.2) is 70.4 Å². The molecule has 0 aromatic carbocycles. The van der Waals surface area contributed by atoms with E-state index < -0.39 is 17.4 Å². The number of rotatable bonds is 8. The lowest BCUT2D eigenvalue weighted by Gasteiger charge is -2.46. The number of nitrogens with one attached hydrogen (secondary N) is 1. The maximum absolute atomic E-state index is 13.3. The minimum absolute atomic E-state index is 0.0837. The largest absolute Gasteiger partial charge is 0.478 e. The lowest BCUT2D eigenvalue weighted by atomic mass is 9.85. The SMILES string of the molecule is CCC.CCC(C)(C)N1CCCCC1C(=O)NC(C(=O)N(C)C/C=C(\C)C(=O)O)C(C)(C)C. The maximum Gasteiger partial charge on any atom is 0.331 e. The first-order valence-corrected chi connectivity index (χ1v) is 12.4. The highest BCUT2D eigenvalue weighted by Crippen LogP contribution is 2.29. The van der Waals surface area contributed by atoms with Gasteiger partial charge in [0, 0.05) is 24.7 Å². The molecule has 0 bridgehead atoms. The second-order valence-electron chi connectivity index (χ2n) is 10.8. The summed E-state index contributed by atoms with van der Waals surface area (Å²) in [6.07, 6.45) is 6.57. The van der Waals surface area contributed by atoms with Crippen LogP contribution in [0.1, 0.15) is 94.4 Å². The van der Waals surface area contributed by atoms with E-state index in [1.807, 2.05) is 20.8 Å². The summed E-state index contributed by atoms with van der Waals surface area (Å²) in [5, 5.41) is 12.0. The van der Waals surface area contributed by atoms with E-state index >= 15 is 0 Å². The van der Waals surface area contributed by atoms with Crippen LogP contribution in [0.4, 0.5) is 0 Å². The monoisotopic (exact) mass is 467 g/mol. The van der Waals surface area contributed by atoms with Crippen LogP contribution < -0.4 is 5.32 Å². The van der Waals surface area contributed by atoms with Gasteiger partial charge in [-0.2, -0.15) is 0 Å². The number of hydrogen-bond acceptors (Lipinski definition) is 4. The fourth-order valence-electron chi connectivity index (χ4n) is 3.69. The number of piperidine rings is 1. The zero-order valence-electron chi connectivity index (χ0n) is 22.7. The molecule has 0 radical (unpaired) electrons. The smallest absolute Gasteiger partial charge is 0.331 e. The molecule has 1 rings (SSSR count). The van der Waals surface area contributed by atoms with E-state index in [0.717, 1.165) is 32.2 Å². The molecule has 2 N–H and O–H groups in total. The molecular formula is C26H49N3O4. The minimum Gasteiger partial charge on any atom is -0.478 e. The Morgan fingerprint density at radius 3 is 2.12 bits per heavy atom. The van der Waals surface area contributed by atoms with E-state index in [9.17, 15) is 14.4 Å². The van der Waals surface area contributed by atoms with Gasteiger partial charge in [-0.05, 0) is 52.0 Å². The van der Waals surface area contributed by atoms with Gasteiger partial charge in [0.05, 0.1) is 6.04 Å². The maximum atomic E-state index is 13.3. The number of likely N-dealkylation sites (N-methyl/N-ethyl adjacent to an activating group) is 1. The van der Waals surface area contributed by atoms with E-state index in [0.29, 0.717) is 0 Å². The van der Waals surface area contributed by atoms with Crippen molar-refractivity contribution in [2.24, 2.45) is 5.41 Å². The van der Waals surface area contributed by atoms with Gasteiger partial charge in [-0.3, -0.25) is 14.5 Å². The number of hydrogen-bond donors (Lipinski definition) is 2. The number of amides is 2. The molecule has 1 aliphatic heterocycles. The van der Waals surface area contributed by atoms with Crippen LogP contribution in [0.3, 0.4) is 0 Å². The standard InChI is InChI=1S/C23H41N3O4.C3H8/c1-9-23(6,7)26-14-11-10-12-17(26)19(27)24-18(22(3,4)5)20(28)25(8)15-13-16(2)21(29)30;1-3-2/h13,17-18H,9-12,14-15H2,1-8H3,(H,24,27)(H,29,30);3H2,1-2H3/b16-13+;. The molecular weight excluding hydrogens is 418 g/mol. The van der Waals surface area contributed by atoms with Crippen molar-refractivity contribution in [1.29, 1.82) is 0 Å². The van der Waals surface area contributed by atoms with Gasteiger partial charge in [-0.1, -0.05) is 60.5 Å². The molecule has 7 nitrogen and oxygen atoms in total. The summed E-state index contributed by atoms with van der Waals surface area (Å²) in [6, 6.07) is -0.937. The Morgan fingerprint density at radius 1 is 1.12 bits per heavy atom. The molecule has 1 aliphatic rings. The van der Waals surface area contributed by atoms with Crippen molar-refractivity contribution in [2.45, 2.75) is 112 Å². The summed E-state index contributed by atoms with van der Waals surface area (Å²) in [5.41, 5.74) is -0.378. The molecule has 192 valence electrons. The second-order valence-corrected chi connectivity index (χ2v) is 10.8. The van der Waals surface area contributed by atoms with Gasteiger partial charge in [0.15, 0.2) is 0 Å². The van der Waals surface area contributed by atoms with Crippen LogP contribution >= 0.6 is 0 Å². The molecule has 2 atom stereocenters. The van der Waals surface area contributed by atoms with Gasteiger partial charge in [0.2, 0.25) is 11.8 Å². The summed E-state index contributed by atoms with van der Waals surface area (Å²) < 4.78 is 0. The number of nitrogens with zero attached hydrogens (tertiary/aromatic N) is 2. The third-order valence-electron chi connectivity index (χ3n) is 6.23. The van der Waals surface area contributed by atoms with Crippen LogP contribution in [0, 0.1) is 5.41 Å². The topological polar surface area (TPSA) is 90.0 Å². The predicted molar refractivity (Wildman–Crippen MR) is 135 cm³/mol. The van der Waals surface area contributed by atoms with Crippen LogP contribution in [0.15, 0.2) is 11.6 Å². The molecule has 0 saturated carbocycles. The Kier molecular flexibility index (Phi) is 12.9. The molecule has 0 spiro atoms. The normalized spacial score (nSPS) is 18.6. The molecule has 0 aliphatic carbocycles. The summed E-state index contributed by atoms with van der Waals surface area (Å²) in [6.45, 7) is 19.0. The van der Waals surface area contributed by atoms with Crippen molar-refractivity contribution in [3.8, 4) is 0 Å². The van der Waals surface area contributed by atoms with Crippen molar-refractivity contribution in [3.05, 3.63) is 11.6 Å². The van der Waals surface area contributed by atoms with Crippen molar-refractivity contribution in [3.63, 3.8) is 0 Å². The molecule has 2 amide bonds. The molecule has 0 aromatic heterocycles. The Bertz CT molecular complexity index is 680. The first-order valence-electron chi connectivity index (χ1n) is 12.4. The average molecular weight is 468 g/mol. The zero-order valence-corrected chi connectivity index (χ0v) is 22.7. The van der Waals surface area contributed by atoms with Crippen molar-refractivity contribution in [1.82, 2.24) is 15.1 Å². The molecule has 2 unspecified atom stereocenters. The fourth-order valence-corrected chi connectivity index (χ4v) is 3.69. The lowest BCUT2D eigenvalue weighted by Crippen LogP contribution is -2.61. The molecule has 1 fully saturated rings. The van der Waals surface area contributed by atoms with Crippen LogP contribution in [-0.2, 0) is 14.4 Å². The fraction of sp³-hybridized carbons (Fsp3) is 0.808. The van der Waals surface area contributed by atoms with Gasteiger partial charge in [0.25, 0.3) is 0 Å². The Hall–Kier alpha value is -1.89. The number of carboxylic acids is 1. The number of likely N-dealkylation sites (tertiary alicyclic amines) is 1. The average Bonchev–Trinajstić information content (AvgIpc) is 2.74. The predicted octanol–water partition coefficient (Wildman–Crippen LogP) is 4.47. The van der Waals surface area contributed by atoms with Gasteiger partial charge in [-0.15, -0.1) is 0 Å². The van der Waals surface area contributed by atoms with E-state index in [1.54, 1.807) is 7.05 Å². The molecule has 0 aromatic rings. The highest BCUT2D eigenvalue weighted by Gasteiger charge is 2.40. The molecule has 1 saturated heterocycles. The van der Waals surface area contributed by atoms with Gasteiger partial charge in [0.1, 0.15) is 6.04 Å². The molecule has 1 heterocycles. The lowest BCUT2D eigenvalue weighted by molar-refractivity contribution is -0.141. The summed E-state index contributed by atoms with van der Waals surface area (Å²) in [7, 11) is 1.63. The van der Waals surface area contributed by atoms with Crippen LogP contribution in [0.2, 0.25) is 0 Å². The van der Waals surface area contributed by atoms with Gasteiger partial charge < -0.3 is 15.3 Å². The minimum atomic E-state index is -1.01. The second kappa shape index (κ2) is 13.7. The summed E-state index contributed by atoms with van der Waals surface area (Å²) >= 11 is 0.